The van der Waals surface area contributed by atoms with Gasteiger partial charge in [-0.2, -0.15) is 0 Å². The highest BCUT2D eigenvalue weighted by Crippen LogP contribution is 2.17. The smallest absolute Gasteiger partial charge is 0.269 e. The minimum Gasteiger partial charge on any atom is -0.497 e. The Bertz CT molecular complexity index is 729. The number of nitrogens with one attached hydrogen (secondary N) is 2. The van der Waals surface area contributed by atoms with Gasteiger partial charge in [-0.3, -0.25) is 14.6 Å². The van der Waals surface area contributed by atoms with E-state index in [2.05, 4.69) is 15.6 Å². The minimum atomic E-state index is -0.316. The summed E-state index contributed by atoms with van der Waals surface area (Å²) < 4.78 is 5.12. The summed E-state index contributed by atoms with van der Waals surface area (Å²) in [7, 11) is 1.56. The average molecular weight is 327 g/mol. The van der Waals surface area contributed by atoms with Crippen LogP contribution in [0, 0.1) is 5.92 Å². The van der Waals surface area contributed by atoms with Gasteiger partial charge in [0.2, 0.25) is 0 Å². The highest BCUT2D eigenvalue weighted by molar-refractivity contribution is 6.05. The van der Waals surface area contributed by atoms with Crippen molar-refractivity contribution in [3.63, 3.8) is 0 Å². The molecule has 2 N–H and O–H groups in total. The molecule has 1 aromatic heterocycles. The molecule has 0 aliphatic heterocycles. The number of carbonyl (C=O) groups is 2. The molecule has 2 aromatic rings. The molecule has 0 aliphatic rings. The number of hydrogen-bond acceptors (Lipinski definition) is 4. The number of nitrogens with zero attached hydrogens (tertiary/aromatic N) is 1. The monoisotopic (exact) mass is 327 g/mol. The third-order valence-corrected chi connectivity index (χ3v) is 3.25. The topological polar surface area (TPSA) is 80.3 Å². The van der Waals surface area contributed by atoms with Crippen molar-refractivity contribution in [2.24, 2.45) is 5.92 Å². The Hall–Kier alpha value is -2.89. The summed E-state index contributed by atoms with van der Waals surface area (Å²) in [4.78, 5) is 28.4. The molecule has 0 fully saturated rings. The summed E-state index contributed by atoms with van der Waals surface area (Å²) in [5, 5.41) is 5.55. The molecule has 0 spiro atoms. The van der Waals surface area contributed by atoms with Gasteiger partial charge in [0.05, 0.1) is 7.11 Å². The fraction of sp³-hybridized carbons (Fsp3) is 0.278. The van der Waals surface area contributed by atoms with E-state index in [4.69, 9.17) is 4.74 Å². The maximum absolute atomic E-state index is 12.3. The van der Waals surface area contributed by atoms with Crippen molar-refractivity contribution >= 4 is 17.5 Å². The molecule has 126 valence electrons. The summed E-state index contributed by atoms with van der Waals surface area (Å²) in [5.74, 6) is 0.382. The number of aromatic nitrogens is 1. The molecule has 0 radical (unpaired) electrons. The predicted molar refractivity (Wildman–Crippen MR) is 92.4 cm³/mol. The van der Waals surface area contributed by atoms with E-state index in [1.54, 1.807) is 37.4 Å². The lowest BCUT2D eigenvalue weighted by atomic mass is 10.2. The van der Waals surface area contributed by atoms with Crippen LogP contribution in [-0.4, -0.2) is 30.5 Å². The van der Waals surface area contributed by atoms with Crippen LogP contribution in [0.2, 0.25) is 0 Å². The zero-order valence-corrected chi connectivity index (χ0v) is 14.0. The molecule has 6 heteroatoms. The number of pyridine rings is 1. The predicted octanol–water partition coefficient (Wildman–Crippen LogP) is 2.73. The Labute approximate surface area is 141 Å². The number of carbonyl (C=O) groups excluding carboxylic acids is 2. The third-order valence-electron chi connectivity index (χ3n) is 3.25. The average Bonchev–Trinajstić information content (AvgIpc) is 2.59. The first-order valence-electron chi connectivity index (χ1n) is 7.69. The lowest BCUT2D eigenvalue weighted by molar-refractivity contribution is 0.0944. The van der Waals surface area contributed by atoms with Gasteiger partial charge in [-0.1, -0.05) is 19.9 Å². The van der Waals surface area contributed by atoms with Crippen LogP contribution in [0.25, 0.3) is 0 Å². The van der Waals surface area contributed by atoms with Crippen LogP contribution in [0.5, 0.6) is 5.75 Å². The van der Waals surface area contributed by atoms with Crippen molar-refractivity contribution in [2.75, 3.05) is 19.0 Å². The molecule has 0 bridgehead atoms. The molecule has 0 saturated heterocycles. The molecule has 6 nitrogen and oxygen atoms in total. The minimum absolute atomic E-state index is 0.217. The van der Waals surface area contributed by atoms with E-state index in [0.717, 1.165) is 0 Å². The van der Waals surface area contributed by atoms with Crippen molar-refractivity contribution in [3.8, 4) is 5.75 Å². The number of methoxy groups -OCH3 is 1. The van der Waals surface area contributed by atoms with E-state index in [1.807, 2.05) is 13.8 Å². The largest absolute Gasteiger partial charge is 0.497 e. The lowest BCUT2D eigenvalue weighted by Gasteiger charge is -2.09. The maximum atomic E-state index is 12.3. The molecular formula is C18H21N3O3. The van der Waals surface area contributed by atoms with Gasteiger partial charge in [0.1, 0.15) is 11.4 Å². The molecule has 0 unspecified atom stereocenters. The summed E-state index contributed by atoms with van der Waals surface area (Å²) in [6.45, 7) is 4.57. The van der Waals surface area contributed by atoms with E-state index in [0.29, 0.717) is 29.5 Å². The summed E-state index contributed by atoms with van der Waals surface area (Å²) in [6, 6.07) is 10.1. The number of amides is 2. The Kier molecular flexibility index (Phi) is 5.89. The molecule has 1 aromatic carbocycles. The van der Waals surface area contributed by atoms with Crippen LogP contribution in [0.1, 0.15) is 34.7 Å². The normalized spacial score (nSPS) is 10.3. The van der Waals surface area contributed by atoms with Crippen LogP contribution >= 0.6 is 0 Å². The van der Waals surface area contributed by atoms with Gasteiger partial charge in [-0.05, 0) is 30.2 Å². The summed E-state index contributed by atoms with van der Waals surface area (Å²) in [5.41, 5.74) is 1.19. The molecule has 24 heavy (non-hydrogen) atoms. The maximum Gasteiger partial charge on any atom is 0.269 e. The van der Waals surface area contributed by atoms with E-state index in [9.17, 15) is 9.59 Å². The summed E-state index contributed by atoms with van der Waals surface area (Å²) in [6.07, 6.45) is 1.45. The molecular weight excluding hydrogens is 306 g/mol. The van der Waals surface area contributed by atoms with Crippen molar-refractivity contribution < 1.29 is 14.3 Å². The van der Waals surface area contributed by atoms with Gasteiger partial charge in [-0.25, -0.2) is 0 Å². The van der Waals surface area contributed by atoms with Crippen molar-refractivity contribution in [3.05, 3.63) is 53.9 Å². The number of benzene rings is 1. The van der Waals surface area contributed by atoms with Gasteiger partial charge in [-0.15, -0.1) is 0 Å². The Morgan fingerprint density at radius 3 is 2.67 bits per heavy atom. The van der Waals surface area contributed by atoms with Crippen LogP contribution in [-0.2, 0) is 0 Å². The van der Waals surface area contributed by atoms with Crippen LogP contribution in [0.15, 0.2) is 42.6 Å². The third kappa shape index (κ3) is 4.81. The fourth-order valence-electron chi connectivity index (χ4n) is 1.99. The van der Waals surface area contributed by atoms with Gasteiger partial charge >= 0.3 is 0 Å². The van der Waals surface area contributed by atoms with Crippen molar-refractivity contribution in [2.45, 2.75) is 13.8 Å². The van der Waals surface area contributed by atoms with Gasteiger partial charge < -0.3 is 15.4 Å². The number of hydrogen-bond donors (Lipinski definition) is 2. The zero-order chi connectivity index (χ0) is 17.5. The fourth-order valence-corrected chi connectivity index (χ4v) is 1.99. The SMILES string of the molecule is COc1cccc(NC(=O)c2ccnc(C(=O)NCC(C)C)c2)c1. The lowest BCUT2D eigenvalue weighted by Crippen LogP contribution is -2.28. The van der Waals surface area contributed by atoms with Gasteiger partial charge in [0.25, 0.3) is 11.8 Å². The molecule has 2 rings (SSSR count). The molecule has 2 amide bonds. The van der Waals surface area contributed by atoms with Crippen LogP contribution in [0.4, 0.5) is 5.69 Å². The van der Waals surface area contributed by atoms with Crippen LogP contribution in [0.3, 0.4) is 0 Å². The number of ether oxygens (including phenoxy) is 1. The Morgan fingerprint density at radius 1 is 1.17 bits per heavy atom. The van der Waals surface area contributed by atoms with Gasteiger partial charge in [0.15, 0.2) is 0 Å². The van der Waals surface area contributed by atoms with Gasteiger partial charge in [0, 0.05) is 30.1 Å². The van der Waals surface area contributed by atoms with Crippen LogP contribution < -0.4 is 15.4 Å². The molecule has 0 atom stereocenters. The quantitative estimate of drug-likeness (QED) is 0.855. The van der Waals surface area contributed by atoms with E-state index < -0.39 is 0 Å². The van der Waals surface area contributed by atoms with E-state index in [1.165, 1.54) is 12.3 Å². The second-order valence-corrected chi connectivity index (χ2v) is 5.72. The standard InChI is InChI=1S/C18H21N3O3/c1-12(2)11-20-18(23)16-9-13(7-8-19-16)17(22)21-14-5-4-6-15(10-14)24-3/h4-10,12H,11H2,1-3H3,(H,20,23)(H,21,22). The first kappa shape index (κ1) is 17.5. The second kappa shape index (κ2) is 8.10. The number of anilines is 1. The van der Waals surface area contributed by atoms with Crippen molar-refractivity contribution in [1.82, 2.24) is 10.3 Å². The highest BCUT2D eigenvalue weighted by Gasteiger charge is 2.12. The summed E-state index contributed by atoms with van der Waals surface area (Å²) >= 11 is 0. The highest BCUT2D eigenvalue weighted by atomic mass is 16.5. The first-order valence-corrected chi connectivity index (χ1v) is 7.69. The molecule has 1 heterocycles. The Morgan fingerprint density at radius 2 is 1.96 bits per heavy atom. The zero-order valence-electron chi connectivity index (χ0n) is 14.0. The number of rotatable bonds is 6. The molecule has 0 saturated carbocycles. The molecule has 0 aliphatic carbocycles. The van der Waals surface area contributed by atoms with Crippen molar-refractivity contribution in [1.29, 1.82) is 0 Å². The van der Waals surface area contributed by atoms with E-state index in [-0.39, 0.29) is 17.5 Å². The Balaban J connectivity index is 2.09. The second-order valence-electron chi connectivity index (χ2n) is 5.72. The first-order chi connectivity index (χ1) is 11.5. The van der Waals surface area contributed by atoms with E-state index >= 15 is 0 Å².